The minimum atomic E-state index is 0.977. The van der Waals surface area contributed by atoms with E-state index >= 15 is 0 Å². The van der Waals surface area contributed by atoms with Gasteiger partial charge in [-0.1, -0.05) is 60.2 Å². The van der Waals surface area contributed by atoms with Gasteiger partial charge in [0.2, 0.25) is 0 Å². The van der Waals surface area contributed by atoms with E-state index in [1.807, 2.05) is 22.9 Å². The third-order valence-electron chi connectivity index (χ3n) is 4.74. The Morgan fingerprint density at radius 1 is 0.741 bits per heavy atom. The van der Waals surface area contributed by atoms with Crippen LogP contribution in [0.4, 0.5) is 5.69 Å². The zero-order valence-corrected chi connectivity index (χ0v) is 15.9. The van der Waals surface area contributed by atoms with Gasteiger partial charge in [-0.3, -0.25) is 0 Å². The highest BCUT2D eigenvalue weighted by molar-refractivity contribution is 5.71. The zero-order valence-electron chi connectivity index (χ0n) is 15.9. The lowest BCUT2D eigenvalue weighted by Gasteiger charge is -2.13. The molecule has 27 heavy (non-hydrogen) atoms. The van der Waals surface area contributed by atoms with E-state index < -0.39 is 0 Å². The lowest BCUT2D eigenvalue weighted by molar-refractivity contribution is 0.892. The van der Waals surface area contributed by atoms with Crippen molar-refractivity contribution in [2.24, 2.45) is 0 Å². The van der Waals surface area contributed by atoms with Crippen molar-refractivity contribution in [3.8, 4) is 28.2 Å². The zero-order chi connectivity index (χ0) is 18.8. The summed E-state index contributed by atoms with van der Waals surface area (Å²) in [4.78, 5) is 2.11. The summed E-state index contributed by atoms with van der Waals surface area (Å²) in [7, 11) is 4.11. The van der Waals surface area contributed by atoms with E-state index in [1.165, 1.54) is 11.3 Å². The molecule has 0 atom stereocenters. The fourth-order valence-corrected chi connectivity index (χ4v) is 3.15. The van der Waals surface area contributed by atoms with Crippen LogP contribution in [0.25, 0.3) is 28.2 Å². The van der Waals surface area contributed by atoms with Gasteiger partial charge in [-0.25, -0.2) is 4.68 Å². The smallest absolute Gasteiger partial charge is 0.0934 e. The summed E-state index contributed by atoms with van der Waals surface area (Å²) in [6.07, 6.45) is 0. The van der Waals surface area contributed by atoms with Crippen LogP contribution in [0.2, 0.25) is 0 Å². The van der Waals surface area contributed by atoms with Crippen LogP contribution in [0.5, 0.6) is 0 Å². The van der Waals surface area contributed by atoms with Crippen LogP contribution in [0.3, 0.4) is 0 Å². The molecular weight excluding hydrogens is 330 g/mol. The van der Waals surface area contributed by atoms with Gasteiger partial charge in [0.25, 0.3) is 0 Å². The maximum absolute atomic E-state index is 4.92. The molecule has 0 aliphatic heterocycles. The summed E-state index contributed by atoms with van der Waals surface area (Å²) in [5, 5.41) is 4.92. The highest BCUT2D eigenvalue weighted by Gasteiger charge is 2.13. The summed E-state index contributed by atoms with van der Waals surface area (Å²) >= 11 is 0. The minimum absolute atomic E-state index is 0.977. The van der Waals surface area contributed by atoms with Crippen LogP contribution in [-0.4, -0.2) is 23.9 Å². The largest absolute Gasteiger partial charge is 0.378 e. The lowest BCUT2D eigenvalue weighted by atomic mass is 10.1. The second kappa shape index (κ2) is 7.12. The average molecular weight is 353 g/mol. The predicted octanol–water partition coefficient (Wildman–Crippen LogP) is 5.58. The monoisotopic (exact) mass is 353 g/mol. The molecule has 4 rings (SSSR count). The standard InChI is InChI=1S/C24H23N3/c1-18-9-11-19(12-10-18)23-17-24(20-13-15-21(16-14-20)26(2)3)27(25-23)22-7-5-4-6-8-22/h4-17H,1-3H3. The molecule has 134 valence electrons. The number of anilines is 1. The third-order valence-corrected chi connectivity index (χ3v) is 4.74. The molecule has 1 aromatic heterocycles. The van der Waals surface area contributed by atoms with Gasteiger partial charge in [0.1, 0.15) is 0 Å². The van der Waals surface area contributed by atoms with E-state index in [-0.39, 0.29) is 0 Å². The normalized spacial score (nSPS) is 10.8. The quantitative estimate of drug-likeness (QED) is 0.477. The van der Waals surface area contributed by atoms with Crippen molar-refractivity contribution in [1.29, 1.82) is 0 Å². The Morgan fingerprint density at radius 2 is 1.37 bits per heavy atom. The molecule has 4 aromatic rings. The molecule has 0 unspecified atom stereocenters. The molecule has 0 aliphatic carbocycles. The Bertz CT molecular complexity index is 1030. The second-order valence-electron chi connectivity index (χ2n) is 6.97. The summed E-state index contributed by atoms with van der Waals surface area (Å²) in [6.45, 7) is 2.10. The molecule has 0 radical (unpaired) electrons. The topological polar surface area (TPSA) is 21.1 Å². The summed E-state index contributed by atoms with van der Waals surface area (Å²) in [5.74, 6) is 0. The van der Waals surface area contributed by atoms with Crippen molar-refractivity contribution >= 4 is 5.69 Å². The Hall–Kier alpha value is -3.33. The Labute approximate surface area is 160 Å². The van der Waals surface area contributed by atoms with Gasteiger partial charge in [-0.15, -0.1) is 0 Å². The SMILES string of the molecule is Cc1ccc(-c2cc(-c3ccc(N(C)C)cc3)n(-c3ccccc3)n2)cc1. The van der Waals surface area contributed by atoms with Crippen molar-refractivity contribution in [3.05, 3.63) is 90.5 Å². The number of aromatic nitrogens is 2. The Morgan fingerprint density at radius 3 is 2.00 bits per heavy atom. The second-order valence-corrected chi connectivity index (χ2v) is 6.97. The van der Waals surface area contributed by atoms with Gasteiger partial charge in [-0.2, -0.15) is 5.10 Å². The third kappa shape index (κ3) is 3.49. The molecule has 0 amide bonds. The molecule has 0 bridgehead atoms. The van der Waals surface area contributed by atoms with Crippen molar-refractivity contribution in [1.82, 2.24) is 9.78 Å². The Kier molecular flexibility index (Phi) is 4.51. The first-order valence-corrected chi connectivity index (χ1v) is 9.12. The van der Waals surface area contributed by atoms with Crippen LogP contribution >= 0.6 is 0 Å². The molecule has 3 heteroatoms. The van der Waals surface area contributed by atoms with Gasteiger partial charge in [0.05, 0.1) is 17.1 Å². The Balaban J connectivity index is 1.84. The number of nitrogens with zero attached hydrogens (tertiary/aromatic N) is 3. The fraction of sp³-hybridized carbons (Fsp3) is 0.125. The maximum Gasteiger partial charge on any atom is 0.0934 e. The van der Waals surface area contributed by atoms with Crippen LogP contribution in [0.1, 0.15) is 5.56 Å². The number of aryl methyl sites for hydroxylation is 1. The fourth-order valence-electron chi connectivity index (χ4n) is 3.15. The van der Waals surface area contributed by atoms with Crippen molar-refractivity contribution in [3.63, 3.8) is 0 Å². The predicted molar refractivity (Wildman–Crippen MR) is 114 cm³/mol. The molecular formula is C24H23N3. The maximum atomic E-state index is 4.92. The lowest BCUT2D eigenvalue weighted by Crippen LogP contribution is -2.08. The highest BCUT2D eigenvalue weighted by Crippen LogP contribution is 2.30. The molecule has 0 saturated carbocycles. The van der Waals surface area contributed by atoms with Gasteiger partial charge >= 0.3 is 0 Å². The van der Waals surface area contributed by atoms with Gasteiger partial charge < -0.3 is 4.90 Å². The molecule has 0 aliphatic rings. The minimum Gasteiger partial charge on any atom is -0.378 e. The number of hydrogen-bond donors (Lipinski definition) is 0. The van der Waals surface area contributed by atoms with Crippen molar-refractivity contribution in [2.45, 2.75) is 6.92 Å². The number of benzene rings is 3. The molecule has 3 aromatic carbocycles. The summed E-state index contributed by atoms with van der Waals surface area (Å²) in [6, 6.07) is 29.6. The summed E-state index contributed by atoms with van der Waals surface area (Å²) in [5.41, 5.74) is 7.83. The van der Waals surface area contributed by atoms with Gasteiger partial charge in [0, 0.05) is 30.9 Å². The van der Waals surface area contributed by atoms with E-state index in [1.54, 1.807) is 0 Å². The first-order chi connectivity index (χ1) is 13.1. The van der Waals surface area contributed by atoms with Crippen LogP contribution in [-0.2, 0) is 0 Å². The molecule has 0 saturated heterocycles. The van der Waals surface area contributed by atoms with E-state index in [4.69, 9.17) is 5.10 Å². The van der Waals surface area contributed by atoms with E-state index in [0.717, 1.165) is 28.2 Å². The molecule has 0 spiro atoms. The highest BCUT2D eigenvalue weighted by atomic mass is 15.3. The molecule has 1 heterocycles. The van der Waals surface area contributed by atoms with E-state index in [0.29, 0.717) is 0 Å². The van der Waals surface area contributed by atoms with Crippen molar-refractivity contribution < 1.29 is 0 Å². The summed E-state index contributed by atoms with van der Waals surface area (Å²) < 4.78 is 2.03. The van der Waals surface area contributed by atoms with Crippen LogP contribution in [0.15, 0.2) is 84.9 Å². The van der Waals surface area contributed by atoms with E-state index in [9.17, 15) is 0 Å². The van der Waals surface area contributed by atoms with Crippen LogP contribution < -0.4 is 4.90 Å². The molecule has 3 nitrogen and oxygen atoms in total. The first kappa shape index (κ1) is 17.1. The number of rotatable bonds is 4. The van der Waals surface area contributed by atoms with Gasteiger partial charge in [0.15, 0.2) is 0 Å². The average Bonchev–Trinajstić information content (AvgIpc) is 3.15. The number of hydrogen-bond acceptors (Lipinski definition) is 2. The van der Waals surface area contributed by atoms with E-state index in [2.05, 4.69) is 92.6 Å². The van der Waals surface area contributed by atoms with Crippen LogP contribution in [0, 0.1) is 6.92 Å². The molecule has 0 fully saturated rings. The molecule has 0 N–H and O–H groups in total. The number of para-hydroxylation sites is 1. The van der Waals surface area contributed by atoms with Gasteiger partial charge in [-0.05, 0) is 37.3 Å². The first-order valence-electron chi connectivity index (χ1n) is 9.12. The van der Waals surface area contributed by atoms with Crippen molar-refractivity contribution in [2.75, 3.05) is 19.0 Å².